The molecular formula is C18H37N3O3S. The zero-order chi connectivity index (χ0) is 18.7. The molecule has 0 aromatic carbocycles. The molecule has 0 bridgehead atoms. The molecule has 6 nitrogen and oxygen atoms in total. The van der Waals surface area contributed by atoms with E-state index >= 15 is 0 Å². The van der Waals surface area contributed by atoms with Gasteiger partial charge >= 0.3 is 0 Å². The van der Waals surface area contributed by atoms with Gasteiger partial charge in [0.1, 0.15) is 0 Å². The van der Waals surface area contributed by atoms with Gasteiger partial charge in [0, 0.05) is 41.0 Å². The van der Waals surface area contributed by atoms with Crippen molar-refractivity contribution in [1.82, 2.24) is 10.6 Å². The molecule has 1 saturated carbocycles. The van der Waals surface area contributed by atoms with Crippen LogP contribution in [0.3, 0.4) is 0 Å². The average molecular weight is 376 g/mol. The molecule has 0 amide bonds. The van der Waals surface area contributed by atoms with Crippen molar-refractivity contribution in [3.8, 4) is 0 Å². The van der Waals surface area contributed by atoms with Crippen LogP contribution in [0.5, 0.6) is 0 Å². The van der Waals surface area contributed by atoms with E-state index in [0.29, 0.717) is 31.7 Å². The number of hydrogen-bond acceptors (Lipinski definition) is 4. The van der Waals surface area contributed by atoms with Crippen LogP contribution in [0.25, 0.3) is 0 Å². The van der Waals surface area contributed by atoms with Gasteiger partial charge in [0.2, 0.25) is 0 Å². The monoisotopic (exact) mass is 375 g/mol. The maximum atomic E-state index is 12.1. The molecule has 0 aliphatic heterocycles. The Morgan fingerprint density at radius 3 is 2.72 bits per heavy atom. The second kappa shape index (κ2) is 12.7. The van der Waals surface area contributed by atoms with E-state index in [9.17, 15) is 9.32 Å². The second-order valence-electron chi connectivity index (χ2n) is 7.10. The Morgan fingerprint density at radius 1 is 1.32 bits per heavy atom. The highest BCUT2D eigenvalue weighted by Crippen LogP contribution is 2.22. The fourth-order valence-corrected chi connectivity index (χ4v) is 4.30. The molecular weight excluding hydrogens is 338 g/mol. The van der Waals surface area contributed by atoms with E-state index in [0.717, 1.165) is 43.9 Å². The molecule has 4 unspecified atom stereocenters. The first kappa shape index (κ1) is 22.4. The summed E-state index contributed by atoms with van der Waals surface area (Å²) >= 11 is 0. The number of aliphatic imine (C=N–C) groups is 1. The first-order valence-electron chi connectivity index (χ1n) is 9.64. The highest BCUT2D eigenvalue weighted by atomic mass is 32.2. The lowest BCUT2D eigenvalue weighted by atomic mass is 9.95. The molecule has 1 aliphatic rings. The molecule has 0 aromatic heterocycles. The number of aliphatic hydroxyl groups is 1. The summed E-state index contributed by atoms with van der Waals surface area (Å²) in [6, 6.07) is 0.293. The third-order valence-corrected chi connectivity index (χ3v) is 5.93. The minimum atomic E-state index is -0.728. The van der Waals surface area contributed by atoms with Crippen molar-refractivity contribution in [2.45, 2.75) is 70.8 Å². The lowest BCUT2D eigenvalue weighted by Crippen LogP contribution is -2.47. The van der Waals surface area contributed by atoms with Gasteiger partial charge in [-0.15, -0.1) is 0 Å². The molecule has 1 fully saturated rings. The van der Waals surface area contributed by atoms with Gasteiger partial charge in [0.15, 0.2) is 5.96 Å². The SMILES string of the molecule is CCNC(=NCC(O)COCC(C)C)NC1CCCC(S(=O)CC)C1. The smallest absolute Gasteiger partial charge is 0.191 e. The van der Waals surface area contributed by atoms with Crippen molar-refractivity contribution < 1.29 is 14.1 Å². The summed E-state index contributed by atoms with van der Waals surface area (Å²) in [6.07, 6.45) is 3.55. The van der Waals surface area contributed by atoms with Gasteiger partial charge in [0.25, 0.3) is 0 Å². The lowest BCUT2D eigenvalue weighted by molar-refractivity contribution is 0.0301. The minimum Gasteiger partial charge on any atom is -0.389 e. The van der Waals surface area contributed by atoms with Crippen LogP contribution in [-0.2, 0) is 15.5 Å². The van der Waals surface area contributed by atoms with Crippen molar-refractivity contribution >= 4 is 16.8 Å². The Labute approximate surface area is 155 Å². The molecule has 1 rings (SSSR count). The van der Waals surface area contributed by atoms with Crippen molar-refractivity contribution in [2.24, 2.45) is 10.9 Å². The maximum absolute atomic E-state index is 12.1. The molecule has 0 saturated heterocycles. The van der Waals surface area contributed by atoms with E-state index in [1.807, 2.05) is 13.8 Å². The fraction of sp³-hybridized carbons (Fsp3) is 0.944. The number of aliphatic hydroxyl groups excluding tert-OH is 1. The van der Waals surface area contributed by atoms with Crippen LogP contribution in [0.15, 0.2) is 4.99 Å². The molecule has 25 heavy (non-hydrogen) atoms. The third-order valence-electron chi connectivity index (χ3n) is 4.19. The normalized spacial score (nSPS) is 24.2. The van der Waals surface area contributed by atoms with Crippen LogP contribution < -0.4 is 10.6 Å². The Hall–Kier alpha value is -0.660. The number of nitrogens with zero attached hydrogens (tertiary/aromatic N) is 1. The molecule has 148 valence electrons. The van der Waals surface area contributed by atoms with Gasteiger partial charge in [-0.1, -0.05) is 27.2 Å². The van der Waals surface area contributed by atoms with Gasteiger partial charge in [-0.05, 0) is 32.1 Å². The van der Waals surface area contributed by atoms with Crippen LogP contribution in [0, 0.1) is 5.92 Å². The molecule has 4 atom stereocenters. The topological polar surface area (TPSA) is 83.0 Å². The van der Waals surface area contributed by atoms with E-state index in [-0.39, 0.29) is 5.25 Å². The van der Waals surface area contributed by atoms with E-state index < -0.39 is 16.9 Å². The average Bonchev–Trinajstić information content (AvgIpc) is 2.59. The Bertz CT molecular complexity index is 418. The summed E-state index contributed by atoms with van der Waals surface area (Å²) in [5, 5.41) is 17.0. The number of rotatable bonds is 10. The fourth-order valence-electron chi connectivity index (χ4n) is 2.95. The van der Waals surface area contributed by atoms with Gasteiger partial charge in [-0.2, -0.15) is 0 Å². The van der Waals surface area contributed by atoms with Crippen molar-refractivity contribution in [1.29, 1.82) is 0 Å². The number of ether oxygens (including phenoxy) is 1. The van der Waals surface area contributed by atoms with Gasteiger partial charge in [-0.25, -0.2) is 0 Å². The standard InChI is InChI=1S/C18H37N3O3S/c1-5-19-18(20-11-16(22)13-24-12-14(3)4)21-15-8-7-9-17(10-15)25(23)6-2/h14-17,22H,5-13H2,1-4H3,(H2,19,20,21). The second-order valence-corrected chi connectivity index (χ2v) is 9.11. The molecule has 0 spiro atoms. The molecule has 0 radical (unpaired) electrons. The molecule has 0 heterocycles. The van der Waals surface area contributed by atoms with Crippen molar-refractivity contribution in [3.05, 3.63) is 0 Å². The summed E-state index contributed by atoms with van der Waals surface area (Å²) in [6.45, 7) is 10.2. The van der Waals surface area contributed by atoms with E-state index in [1.54, 1.807) is 0 Å². The molecule has 0 aromatic rings. The van der Waals surface area contributed by atoms with Gasteiger partial charge < -0.3 is 20.5 Å². The summed E-state index contributed by atoms with van der Waals surface area (Å²) in [4.78, 5) is 4.48. The van der Waals surface area contributed by atoms with Crippen molar-refractivity contribution in [3.63, 3.8) is 0 Å². The van der Waals surface area contributed by atoms with Crippen LogP contribution >= 0.6 is 0 Å². The first-order valence-corrected chi connectivity index (χ1v) is 11.0. The third kappa shape index (κ3) is 9.56. The largest absolute Gasteiger partial charge is 0.389 e. The zero-order valence-corrected chi connectivity index (χ0v) is 17.1. The van der Waals surface area contributed by atoms with E-state index in [4.69, 9.17) is 4.74 Å². The number of hydrogen-bond donors (Lipinski definition) is 3. The predicted octanol–water partition coefficient (Wildman–Crippen LogP) is 1.65. The van der Waals surface area contributed by atoms with Crippen LogP contribution in [-0.4, -0.2) is 64.7 Å². The molecule has 7 heteroatoms. The van der Waals surface area contributed by atoms with E-state index in [2.05, 4.69) is 29.5 Å². The molecule has 3 N–H and O–H groups in total. The quantitative estimate of drug-likeness (QED) is 0.399. The van der Waals surface area contributed by atoms with Crippen LogP contribution in [0.4, 0.5) is 0 Å². The van der Waals surface area contributed by atoms with Crippen LogP contribution in [0.1, 0.15) is 53.4 Å². The number of nitrogens with one attached hydrogen (secondary N) is 2. The predicted molar refractivity (Wildman–Crippen MR) is 106 cm³/mol. The summed E-state index contributed by atoms with van der Waals surface area (Å²) in [7, 11) is -0.728. The highest BCUT2D eigenvalue weighted by Gasteiger charge is 2.26. The lowest BCUT2D eigenvalue weighted by Gasteiger charge is -2.30. The van der Waals surface area contributed by atoms with Gasteiger partial charge in [0.05, 0.1) is 19.3 Å². The maximum Gasteiger partial charge on any atom is 0.191 e. The Balaban J connectivity index is 2.47. The first-order chi connectivity index (χ1) is 12.0. The minimum absolute atomic E-state index is 0.286. The van der Waals surface area contributed by atoms with Crippen LogP contribution in [0.2, 0.25) is 0 Å². The zero-order valence-electron chi connectivity index (χ0n) is 16.3. The van der Waals surface area contributed by atoms with E-state index in [1.165, 1.54) is 0 Å². The summed E-state index contributed by atoms with van der Waals surface area (Å²) in [5.74, 6) is 1.91. The summed E-state index contributed by atoms with van der Waals surface area (Å²) in [5.41, 5.74) is 0. The Morgan fingerprint density at radius 2 is 2.08 bits per heavy atom. The number of guanidine groups is 1. The Kier molecular flexibility index (Phi) is 11.3. The summed E-state index contributed by atoms with van der Waals surface area (Å²) < 4.78 is 17.5. The van der Waals surface area contributed by atoms with Crippen molar-refractivity contribution in [2.75, 3.05) is 32.1 Å². The highest BCUT2D eigenvalue weighted by molar-refractivity contribution is 7.85. The van der Waals surface area contributed by atoms with Gasteiger partial charge in [-0.3, -0.25) is 9.20 Å². The molecule has 1 aliphatic carbocycles.